The number of rotatable bonds is 2. The van der Waals surface area contributed by atoms with E-state index in [1.807, 2.05) is 12.2 Å². The topological polar surface area (TPSA) is 25.8 Å². The molecule has 0 aliphatic heterocycles. The van der Waals surface area contributed by atoms with Gasteiger partial charge < -0.3 is 0 Å². The maximum Gasteiger partial charge on any atom is 0.116 e. The van der Waals surface area contributed by atoms with Crippen molar-refractivity contribution in [2.24, 2.45) is 0 Å². The molecular formula is C10H10N2. The second-order valence-corrected chi connectivity index (χ2v) is 2.17. The molecule has 0 aliphatic carbocycles. The lowest BCUT2D eigenvalue weighted by atomic mass is 10.3. The predicted octanol–water partition coefficient (Wildman–Crippen LogP) is 0.410. The molecule has 0 radical (unpaired) electrons. The van der Waals surface area contributed by atoms with Gasteiger partial charge in [-0.25, -0.2) is 9.97 Å². The summed E-state index contributed by atoms with van der Waals surface area (Å²) < 4.78 is 0. The standard InChI is InChI=1S/C10H10N2/c1-3-5-9-7-11-8-12-10(9)6-4-2/h3-8H,1-2H2/b9-5-,10-6+. The van der Waals surface area contributed by atoms with Crippen molar-refractivity contribution in [3.8, 4) is 0 Å². The van der Waals surface area contributed by atoms with Crippen LogP contribution in [0.1, 0.15) is 0 Å². The van der Waals surface area contributed by atoms with Crippen molar-refractivity contribution in [1.82, 2.24) is 9.97 Å². The summed E-state index contributed by atoms with van der Waals surface area (Å²) in [6, 6.07) is 0. The van der Waals surface area contributed by atoms with Gasteiger partial charge in [-0.3, -0.25) is 0 Å². The quantitative estimate of drug-likeness (QED) is 0.623. The lowest BCUT2D eigenvalue weighted by Crippen LogP contribution is -2.27. The first-order chi connectivity index (χ1) is 5.88. The molecule has 1 heterocycles. The van der Waals surface area contributed by atoms with Crippen molar-refractivity contribution >= 4 is 12.2 Å². The summed E-state index contributed by atoms with van der Waals surface area (Å²) in [7, 11) is 0. The van der Waals surface area contributed by atoms with E-state index in [0.29, 0.717) is 0 Å². The van der Waals surface area contributed by atoms with Gasteiger partial charge in [0.25, 0.3) is 0 Å². The zero-order valence-electron chi connectivity index (χ0n) is 6.77. The molecule has 0 amide bonds. The molecule has 1 rings (SSSR count). The Morgan fingerprint density at radius 2 is 1.92 bits per heavy atom. The van der Waals surface area contributed by atoms with E-state index in [4.69, 9.17) is 0 Å². The van der Waals surface area contributed by atoms with Crippen LogP contribution in [0.2, 0.25) is 0 Å². The summed E-state index contributed by atoms with van der Waals surface area (Å²) in [6.07, 6.45) is 10.3. The molecule has 0 unspecified atom stereocenters. The Morgan fingerprint density at radius 3 is 2.58 bits per heavy atom. The van der Waals surface area contributed by atoms with Gasteiger partial charge in [0, 0.05) is 11.4 Å². The molecule has 0 fully saturated rings. The van der Waals surface area contributed by atoms with Crippen molar-refractivity contribution < 1.29 is 0 Å². The fraction of sp³-hybridized carbons (Fsp3) is 0. The fourth-order valence-corrected chi connectivity index (χ4v) is 0.856. The normalized spacial score (nSPS) is 13.0. The Hall–Kier alpha value is -1.70. The van der Waals surface area contributed by atoms with Gasteiger partial charge in [-0.1, -0.05) is 31.4 Å². The van der Waals surface area contributed by atoms with E-state index in [1.165, 1.54) is 6.33 Å². The minimum atomic E-state index is 0.861. The smallest absolute Gasteiger partial charge is 0.116 e. The van der Waals surface area contributed by atoms with Gasteiger partial charge in [0.2, 0.25) is 0 Å². The van der Waals surface area contributed by atoms with Crippen LogP contribution in [0.25, 0.3) is 12.2 Å². The van der Waals surface area contributed by atoms with Crippen molar-refractivity contribution in [2.45, 2.75) is 0 Å². The van der Waals surface area contributed by atoms with Crippen molar-refractivity contribution in [3.63, 3.8) is 0 Å². The van der Waals surface area contributed by atoms with Crippen molar-refractivity contribution in [1.29, 1.82) is 0 Å². The second kappa shape index (κ2) is 4.23. The number of hydrogen-bond donors (Lipinski definition) is 0. The Bertz CT molecular complexity index is 352. The molecule has 0 N–H and O–H groups in total. The molecule has 0 aromatic carbocycles. The zero-order valence-corrected chi connectivity index (χ0v) is 6.77. The van der Waals surface area contributed by atoms with Gasteiger partial charge in [0.1, 0.15) is 6.33 Å². The second-order valence-electron chi connectivity index (χ2n) is 2.17. The van der Waals surface area contributed by atoms with Gasteiger partial charge in [-0.15, -0.1) is 0 Å². The summed E-state index contributed by atoms with van der Waals surface area (Å²) in [6.45, 7) is 7.21. The van der Waals surface area contributed by atoms with Crippen molar-refractivity contribution in [3.05, 3.63) is 48.4 Å². The predicted molar refractivity (Wildman–Crippen MR) is 50.6 cm³/mol. The Morgan fingerprint density at radius 1 is 1.17 bits per heavy atom. The molecule has 12 heavy (non-hydrogen) atoms. The molecule has 60 valence electrons. The van der Waals surface area contributed by atoms with Crippen LogP contribution in [-0.2, 0) is 0 Å². The maximum absolute atomic E-state index is 4.07. The lowest BCUT2D eigenvalue weighted by molar-refractivity contribution is 1.10. The monoisotopic (exact) mass is 158 g/mol. The van der Waals surface area contributed by atoms with Gasteiger partial charge in [-0.2, -0.15) is 0 Å². The summed E-state index contributed by atoms with van der Waals surface area (Å²) in [5.41, 5.74) is 0. The van der Waals surface area contributed by atoms with Crippen LogP contribution in [0, 0.1) is 0 Å². The van der Waals surface area contributed by atoms with E-state index in [-0.39, 0.29) is 0 Å². The third-order valence-electron chi connectivity index (χ3n) is 1.35. The van der Waals surface area contributed by atoms with Gasteiger partial charge in [0.15, 0.2) is 0 Å². The van der Waals surface area contributed by atoms with E-state index >= 15 is 0 Å². The summed E-state index contributed by atoms with van der Waals surface area (Å²) in [5, 5.41) is 1.81. The van der Waals surface area contributed by atoms with E-state index in [2.05, 4.69) is 23.1 Å². The number of aromatic nitrogens is 2. The van der Waals surface area contributed by atoms with Gasteiger partial charge >= 0.3 is 0 Å². The molecule has 0 bridgehead atoms. The first-order valence-electron chi connectivity index (χ1n) is 3.60. The van der Waals surface area contributed by atoms with Crippen molar-refractivity contribution in [2.75, 3.05) is 0 Å². The number of allylic oxidation sites excluding steroid dienone is 2. The van der Waals surface area contributed by atoms with E-state index < -0.39 is 0 Å². The first kappa shape index (κ1) is 8.40. The highest BCUT2D eigenvalue weighted by Gasteiger charge is 1.81. The van der Waals surface area contributed by atoms with Crippen LogP contribution in [0.15, 0.2) is 37.8 Å². The largest absolute Gasteiger partial charge is 0.244 e. The molecule has 0 spiro atoms. The molecule has 0 atom stereocenters. The molecule has 1 aromatic rings. The van der Waals surface area contributed by atoms with Crippen LogP contribution < -0.4 is 10.6 Å². The fourth-order valence-electron chi connectivity index (χ4n) is 0.856. The number of hydrogen-bond acceptors (Lipinski definition) is 2. The van der Waals surface area contributed by atoms with Crippen LogP contribution in [-0.4, -0.2) is 9.97 Å². The average molecular weight is 158 g/mol. The van der Waals surface area contributed by atoms with Crippen LogP contribution in [0.3, 0.4) is 0 Å². The minimum absolute atomic E-state index is 0.861. The Kier molecular flexibility index (Phi) is 2.96. The van der Waals surface area contributed by atoms with Crippen LogP contribution in [0.5, 0.6) is 0 Å². The molecule has 0 aliphatic rings. The Balaban J connectivity index is 3.47. The van der Waals surface area contributed by atoms with Crippen LogP contribution in [0.4, 0.5) is 0 Å². The molecular weight excluding hydrogens is 148 g/mol. The number of nitrogens with zero attached hydrogens (tertiary/aromatic N) is 2. The summed E-state index contributed by atoms with van der Waals surface area (Å²) in [5.74, 6) is 0. The summed E-state index contributed by atoms with van der Waals surface area (Å²) >= 11 is 0. The zero-order chi connectivity index (χ0) is 8.81. The highest BCUT2D eigenvalue weighted by molar-refractivity contribution is 5.39. The van der Waals surface area contributed by atoms with Gasteiger partial charge in [0.05, 0.1) is 5.35 Å². The highest BCUT2D eigenvalue weighted by atomic mass is 14.8. The maximum atomic E-state index is 4.07. The third kappa shape index (κ3) is 1.89. The molecule has 0 saturated carbocycles. The molecule has 2 nitrogen and oxygen atoms in total. The molecule has 0 saturated heterocycles. The summed E-state index contributed by atoms with van der Waals surface area (Å²) in [4.78, 5) is 7.97. The van der Waals surface area contributed by atoms with Gasteiger partial charge in [-0.05, 0) is 6.08 Å². The SMILES string of the molecule is C=C/C=c1/cncn/c1=C/C=C. The molecule has 2 heteroatoms. The van der Waals surface area contributed by atoms with E-state index in [9.17, 15) is 0 Å². The minimum Gasteiger partial charge on any atom is -0.244 e. The lowest BCUT2D eigenvalue weighted by Gasteiger charge is -1.85. The third-order valence-corrected chi connectivity index (χ3v) is 1.35. The van der Waals surface area contributed by atoms with Crippen LogP contribution >= 0.6 is 0 Å². The first-order valence-corrected chi connectivity index (χ1v) is 3.60. The Labute approximate surface area is 71.3 Å². The highest BCUT2D eigenvalue weighted by Crippen LogP contribution is 1.66. The average Bonchev–Trinajstić information content (AvgIpc) is 2.09. The molecule has 1 aromatic heterocycles. The van der Waals surface area contributed by atoms with E-state index in [1.54, 1.807) is 18.3 Å². The van der Waals surface area contributed by atoms with E-state index in [0.717, 1.165) is 10.6 Å².